The molecule has 1 N–H and O–H groups in total. The van der Waals surface area contributed by atoms with Crippen LogP contribution in [0.3, 0.4) is 0 Å². The molecule has 4 heterocycles. The molecule has 0 bridgehead atoms. The van der Waals surface area contributed by atoms with Gasteiger partial charge in [0.05, 0.1) is 5.69 Å². The van der Waals surface area contributed by atoms with E-state index in [0.29, 0.717) is 5.69 Å². The first-order valence-corrected chi connectivity index (χ1v) is 13.8. The second-order valence-corrected chi connectivity index (χ2v) is 11.0. The molecule has 0 atom stereocenters. The predicted molar refractivity (Wildman–Crippen MR) is 133 cm³/mol. The van der Waals surface area contributed by atoms with Crippen molar-refractivity contribution in [2.75, 3.05) is 31.1 Å². The van der Waals surface area contributed by atoms with Crippen LogP contribution in [-0.4, -0.2) is 45.8 Å². The summed E-state index contributed by atoms with van der Waals surface area (Å²) in [7, 11) is 0. The molecule has 2 aromatic carbocycles. The molecule has 0 aliphatic carbocycles. The van der Waals surface area contributed by atoms with Gasteiger partial charge < -0.3 is 10.2 Å². The summed E-state index contributed by atoms with van der Waals surface area (Å²) >= 11 is -0.273. The first kappa shape index (κ1) is 22.1. The van der Waals surface area contributed by atoms with Crippen LogP contribution in [0.15, 0.2) is 77.8 Å². The van der Waals surface area contributed by atoms with E-state index in [1.165, 1.54) is 0 Å². The molecule has 5 aromatic rings. The van der Waals surface area contributed by atoms with Crippen LogP contribution in [0.2, 0.25) is 0 Å². The number of nitrogens with zero attached hydrogens (tertiary/aromatic N) is 5. The van der Waals surface area contributed by atoms with Gasteiger partial charge >= 0.3 is 155 Å². The first-order chi connectivity index (χ1) is 17.2. The number of piperazine rings is 1. The fraction of sp³-hybridized carbons (Fsp3) is 0.148. The standard InChI is InChI=1S/C27H23FIN6/c1-2-29-26-9-7-21-20(4-3-5-24(21)33-26)22-16-32-35-17-19(15-31-27(22)35)18-6-8-25(23(28)14-18)34-12-10-30-11-13-34/h2-9,14-17,30H,1,10-13H2/q-1. The van der Waals surface area contributed by atoms with E-state index in [4.69, 9.17) is 9.97 Å². The Bertz CT molecular complexity index is 1560. The average Bonchev–Trinajstić information content (AvgIpc) is 3.32. The van der Waals surface area contributed by atoms with Crippen molar-refractivity contribution in [1.29, 1.82) is 0 Å². The Balaban J connectivity index is 1.36. The number of fused-ring (bicyclic) bond motifs is 2. The summed E-state index contributed by atoms with van der Waals surface area (Å²) in [6.45, 7) is 7.20. The zero-order valence-electron chi connectivity index (χ0n) is 19.0. The maximum absolute atomic E-state index is 15.0. The molecule has 35 heavy (non-hydrogen) atoms. The Morgan fingerprint density at radius 3 is 2.71 bits per heavy atom. The third-order valence-corrected chi connectivity index (χ3v) is 7.95. The third-order valence-electron chi connectivity index (χ3n) is 6.27. The van der Waals surface area contributed by atoms with Crippen molar-refractivity contribution in [3.05, 3.63) is 87.3 Å². The second-order valence-electron chi connectivity index (χ2n) is 8.34. The zero-order chi connectivity index (χ0) is 23.8. The number of halogens is 2. The quantitative estimate of drug-likeness (QED) is 0.254. The van der Waals surface area contributed by atoms with Gasteiger partial charge in [-0.15, -0.1) is 0 Å². The summed E-state index contributed by atoms with van der Waals surface area (Å²) in [6, 6.07) is 15.7. The molecule has 3 aromatic heterocycles. The Kier molecular flexibility index (Phi) is 5.91. The molecule has 1 aliphatic heterocycles. The van der Waals surface area contributed by atoms with Crippen molar-refractivity contribution in [2.45, 2.75) is 0 Å². The Hall–Kier alpha value is -3.37. The van der Waals surface area contributed by atoms with E-state index in [1.807, 2.05) is 40.7 Å². The Labute approximate surface area is 212 Å². The monoisotopic (exact) mass is 577 g/mol. The van der Waals surface area contributed by atoms with Crippen LogP contribution < -0.4 is 31.4 Å². The number of hydrogen-bond donors (Lipinski definition) is 1. The number of rotatable bonds is 5. The SMILES string of the molecule is C=C[I-]c1ccc2c(-c3cnn4cc(-c5ccc(N6CCNCC6)c(F)c5)cnc34)cccc2n1. The van der Waals surface area contributed by atoms with Crippen molar-refractivity contribution in [3.8, 4) is 22.3 Å². The van der Waals surface area contributed by atoms with Crippen LogP contribution in [0.1, 0.15) is 0 Å². The van der Waals surface area contributed by atoms with Gasteiger partial charge in [0.25, 0.3) is 0 Å². The summed E-state index contributed by atoms with van der Waals surface area (Å²) in [5.41, 5.74) is 5.93. The molecule has 0 saturated carbocycles. The normalized spacial score (nSPS) is 14.1. The van der Waals surface area contributed by atoms with E-state index < -0.39 is 0 Å². The molecule has 6 nitrogen and oxygen atoms in total. The number of hydrogen-bond acceptors (Lipinski definition) is 5. The Morgan fingerprint density at radius 1 is 1.00 bits per heavy atom. The van der Waals surface area contributed by atoms with Crippen molar-refractivity contribution in [3.63, 3.8) is 0 Å². The topological polar surface area (TPSA) is 58.4 Å². The molecule has 8 heteroatoms. The summed E-state index contributed by atoms with van der Waals surface area (Å²) in [5.74, 6) is -0.216. The zero-order valence-corrected chi connectivity index (χ0v) is 21.1. The molecule has 0 unspecified atom stereocenters. The van der Waals surface area contributed by atoms with Crippen molar-refractivity contribution >= 4 is 22.2 Å². The van der Waals surface area contributed by atoms with Gasteiger partial charge in [0.1, 0.15) is 5.82 Å². The average molecular weight is 577 g/mol. The summed E-state index contributed by atoms with van der Waals surface area (Å²) in [6.07, 6.45) is 5.52. The minimum atomic E-state index is -0.273. The van der Waals surface area contributed by atoms with Gasteiger partial charge in [0, 0.05) is 26.2 Å². The number of anilines is 1. The van der Waals surface area contributed by atoms with Crippen LogP contribution in [0.5, 0.6) is 0 Å². The van der Waals surface area contributed by atoms with Crippen LogP contribution >= 0.6 is 0 Å². The molecule has 6 rings (SSSR count). The summed E-state index contributed by atoms with van der Waals surface area (Å²) < 4.78 is 19.8. The van der Waals surface area contributed by atoms with Gasteiger partial charge in [-0.05, 0) is 6.07 Å². The number of nitrogens with one attached hydrogen (secondary N) is 1. The summed E-state index contributed by atoms with van der Waals surface area (Å²) in [4.78, 5) is 11.6. The van der Waals surface area contributed by atoms with Gasteiger partial charge in [-0.25, -0.2) is 4.39 Å². The van der Waals surface area contributed by atoms with E-state index in [0.717, 1.165) is 68.7 Å². The van der Waals surface area contributed by atoms with Crippen molar-refractivity contribution in [1.82, 2.24) is 24.9 Å². The second kappa shape index (κ2) is 9.35. The van der Waals surface area contributed by atoms with Gasteiger partial charge in [-0.2, -0.15) is 0 Å². The first-order valence-electron chi connectivity index (χ1n) is 11.4. The maximum atomic E-state index is 15.0. The van der Waals surface area contributed by atoms with Crippen molar-refractivity contribution < 1.29 is 25.6 Å². The van der Waals surface area contributed by atoms with E-state index in [2.05, 4.69) is 40.1 Å². The predicted octanol–water partition coefficient (Wildman–Crippen LogP) is 1.56. The van der Waals surface area contributed by atoms with Crippen LogP contribution in [0.25, 0.3) is 38.8 Å². The van der Waals surface area contributed by atoms with E-state index >= 15 is 0 Å². The molecule has 1 fully saturated rings. The molecule has 0 spiro atoms. The van der Waals surface area contributed by atoms with Crippen molar-refractivity contribution in [2.24, 2.45) is 0 Å². The fourth-order valence-electron chi connectivity index (χ4n) is 4.57. The fourth-order valence-corrected chi connectivity index (χ4v) is 5.80. The number of aromatic nitrogens is 4. The van der Waals surface area contributed by atoms with Gasteiger partial charge in [0.2, 0.25) is 0 Å². The molecule has 0 radical (unpaired) electrons. The summed E-state index contributed by atoms with van der Waals surface area (Å²) in [5, 5.41) is 8.93. The molecule has 176 valence electrons. The van der Waals surface area contributed by atoms with Gasteiger partial charge in [-0.3, -0.25) is 0 Å². The van der Waals surface area contributed by atoms with Crippen LogP contribution in [0, 0.1) is 9.52 Å². The molecular formula is C27H23FIN6-. The van der Waals surface area contributed by atoms with E-state index in [-0.39, 0.29) is 27.0 Å². The molecule has 0 amide bonds. The van der Waals surface area contributed by atoms with Crippen LogP contribution in [-0.2, 0) is 0 Å². The van der Waals surface area contributed by atoms with Gasteiger partial charge in [-0.1, -0.05) is 0 Å². The third kappa shape index (κ3) is 4.17. The van der Waals surface area contributed by atoms with E-state index in [1.54, 1.807) is 16.8 Å². The van der Waals surface area contributed by atoms with Gasteiger partial charge in [0.15, 0.2) is 0 Å². The molecule has 1 saturated heterocycles. The number of benzene rings is 2. The van der Waals surface area contributed by atoms with E-state index in [9.17, 15) is 4.39 Å². The Morgan fingerprint density at radius 2 is 1.89 bits per heavy atom. The number of pyridine rings is 1. The van der Waals surface area contributed by atoms with Crippen LogP contribution in [0.4, 0.5) is 10.1 Å². The minimum absolute atomic E-state index is 0.216. The molecular weight excluding hydrogens is 554 g/mol. The molecule has 1 aliphatic rings.